The quantitative estimate of drug-likeness (QED) is 0.733. The predicted octanol–water partition coefficient (Wildman–Crippen LogP) is 2.14. The average Bonchev–Trinajstić information content (AvgIpc) is 3.08. The Labute approximate surface area is 149 Å². The number of likely N-dealkylation sites (N-methyl/N-ethyl adjacent to an activating group) is 2. The summed E-state index contributed by atoms with van der Waals surface area (Å²) in [5.74, 6) is 0.758. The van der Waals surface area contributed by atoms with Crippen LogP contribution in [-0.4, -0.2) is 46.2 Å². The fourth-order valence-electron chi connectivity index (χ4n) is 3.40. The Bertz CT molecular complexity index is 978. The molecule has 1 aromatic carbocycles. The van der Waals surface area contributed by atoms with Gasteiger partial charge in [-0.25, -0.2) is 9.36 Å². The van der Waals surface area contributed by atoms with Crippen molar-refractivity contribution in [3.63, 3.8) is 0 Å². The summed E-state index contributed by atoms with van der Waals surface area (Å²) in [6.07, 6.45) is 1.88. The molecule has 2 aliphatic heterocycles. The van der Waals surface area contributed by atoms with Crippen LogP contribution in [0.25, 0.3) is 5.69 Å². The van der Waals surface area contributed by atoms with Crippen LogP contribution in [0.5, 0.6) is 0 Å². The topological polar surface area (TPSA) is 61.8 Å². The van der Waals surface area contributed by atoms with Gasteiger partial charge in [0, 0.05) is 24.7 Å². The van der Waals surface area contributed by atoms with Crippen LogP contribution >= 0.6 is 11.6 Å². The van der Waals surface area contributed by atoms with E-state index in [1.54, 1.807) is 7.05 Å². The summed E-state index contributed by atoms with van der Waals surface area (Å²) in [6.45, 7) is 3.89. The molecule has 25 heavy (non-hydrogen) atoms. The number of aromatic nitrogens is 2. The first kappa shape index (κ1) is 15.8. The maximum absolute atomic E-state index is 12.6. The predicted molar refractivity (Wildman–Crippen MR) is 92.5 cm³/mol. The summed E-state index contributed by atoms with van der Waals surface area (Å²) in [5, 5.41) is 0.663. The molecule has 0 radical (unpaired) electrons. The number of aryl methyl sites for hydroxylation is 1. The molecule has 0 saturated carbocycles. The smallest absolute Gasteiger partial charge is 0.270 e. The molecular formula is C17H17ClN5O2+. The molecule has 1 saturated heterocycles. The van der Waals surface area contributed by atoms with E-state index in [0.29, 0.717) is 16.8 Å². The number of fused-ring (bicyclic) bond motifs is 3. The minimum Gasteiger partial charge on any atom is -0.270 e. The Morgan fingerprint density at radius 3 is 2.60 bits per heavy atom. The third kappa shape index (κ3) is 1.99. The number of nitrogens with zero attached hydrogens (tertiary/aromatic N) is 5. The lowest BCUT2D eigenvalue weighted by Gasteiger charge is -2.30. The third-order valence-electron chi connectivity index (χ3n) is 4.81. The zero-order chi connectivity index (χ0) is 18.0. The lowest BCUT2D eigenvalue weighted by Crippen LogP contribution is -2.61. The van der Waals surface area contributed by atoms with Gasteiger partial charge < -0.3 is 0 Å². The number of benzene rings is 1. The van der Waals surface area contributed by atoms with E-state index in [2.05, 4.69) is 4.99 Å². The highest BCUT2D eigenvalue weighted by Gasteiger charge is 2.52. The van der Waals surface area contributed by atoms with Gasteiger partial charge in [-0.3, -0.25) is 14.6 Å². The standard InChI is InChI=1S/C17H17ClN5O2/c1-9-8-22-13-14(20(3)17(25)21(4)15(13)24)19-16(22)23(9)12-7-5-6-11(18)10(12)2/h5-8,13H,1-4H3/q+1. The number of hydrogen-bond donors (Lipinski definition) is 0. The van der Waals surface area contributed by atoms with Gasteiger partial charge in [0.15, 0.2) is 0 Å². The SMILES string of the molecule is Cc1c(Cl)cccc1-n1c(C)c[n+]2c1N=C1C2C(=O)N(C)C(=O)N1C. The van der Waals surface area contributed by atoms with Gasteiger partial charge in [0.05, 0.1) is 0 Å². The summed E-state index contributed by atoms with van der Waals surface area (Å²) < 4.78 is 3.77. The monoisotopic (exact) mass is 358 g/mol. The van der Waals surface area contributed by atoms with Crippen molar-refractivity contribution in [2.24, 2.45) is 4.99 Å². The number of rotatable bonds is 1. The minimum atomic E-state index is -0.623. The van der Waals surface area contributed by atoms with Gasteiger partial charge in [-0.2, -0.15) is 4.57 Å². The Morgan fingerprint density at radius 2 is 1.88 bits per heavy atom. The Kier molecular flexibility index (Phi) is 3.27. The third-order valence-corrected chi connectivity index (χ3v) is 5.22. The van der Waals surface area contributed by atoms with Crippen LogP contribution in [-0.2, 0) is 4.79 Å². The van der Waals surface area contributed by atoms with Crippen LogP contribution in [0.1, 0.15) is 17.3 Å². The molecule has 2 aliphatic rings. The van der Waals surface area contributed by atoms with Gasteiger partial charge in [0.25, 0.3) is 5.91 Å². The molecule has 4 rings (SSSR count). The molecule has 1 unspecified atom stereocenters. The molecule has 7 nitrogen and oxygen atoms in total. The van der Waals surface area contributed by atoms with E-state index in [1.165, 1.54) is 11.9 Å². The highest BCUT2D eigenvalue weighted by atomic mass is 35.5. The van der Waals surface area contributed by atoms with Gasteiger partial charge in [-0.15, -0.1) is 0 Å². The molecule has 1 atom stereocenters. The fourth-order valence-corrected chi connectivity index (χ4v) is 3.57. The van der Waals surface area contributed by atoms with E-state index in [1.807, 2.05) is 47.4 Å². The van der Waals surface area contributed by atoms with Crippen LogP contribution in [0.3, 0.4) is 0 Å². The maximum Gasteiger partial charge on any atom is 0.406 e. The van der Waals surface area contributed by atoms with E-state index >= 15 is 0 Å². The van der Waals surface area contributed by atoms with Gasteiger partial charge in [0.1, 0.15) is 17.6 Å². The summed E-state index contributed by atoms with van der Waals surface area (Å²) in [5.41, 5.74) is 2.75. The first-order chi connectivity index (χ1) is 11.8. The van der Waals surface area contributed by atoms with Gasteiger partial charge in [0.2, 0.25) is 11.9 Å². The lowest BCUT2D eigenvalue weighted by atomic mass is 10.2. The Hall–Kier alpha value is -2.67. The molecule has 1 aromatic heterocycles. The summed E-state index contributed by atoms with van der Waals surface area (Å²) in [6, 6.07) is 4.67. The summed E-state index contributed by atoms with van der Waals surface area (Å²) in [4.78, 5) is 32.0. The number of aliphatic imine (C=N–C) groups is 1. The number of imidazole rings is 1. The van der Waals surface area contributed by atoms with E-state index in [-0.39, 0.29) is 11.9 Å². The number of carbonyl (C=O) groups is 2. The summed E-state index contributed by atoms with van der Waals surface area (Å²) in [7, 11) is 3.12. The van der Waals surface area contributed by atoms with Crippen molar-refractivity contribution in [1.82, 2.24) is 14.4 Å². The second-order valence-electron chi connectivity index (χ2n) is 6.31. The highest BCUT2D eigenvalue weighted by molar-refractivity contribution is 6.31. The zero-order valence-corrected chi connectivity index (χ0v) is 15.1. The molecule has 8 heteroatoms. The van der Waals surface area contributed by atoms with E-state index in [9.17, 15) is 9.59 Å². The molecule has 2 aromatic rings. The maximum atomic E-state index is 12.6. The molecule has 3 amide bonds. The van der Waals surface area contributed by atoms with E-state index < -0.39 is 6.04 Å². The van der Waals surface area contributed by atoms with Gasteiger partial charge >= 0.3 is 12.0 Å². The molecule has 1 fully saturated rings. The second-order valence-corrected chi connectivity index (χ2v) is 6.72. The van der Waals surface area contributed by atoms with Gasteiger partial charge in [-0.1, -0.05) is 22.7 Å². The van der Waals surface area contributed by atoms with Crippen LogP contribution < -0.4 is 4.57 Å². The normalized spacial score (nSPS) is 19.2. The van der Waals surface area contributed by atoms with Crippen LogP contribution in [0.15, 0.2) is 29.4 Å². The van der Waals surface area contributed by atoms with Crippen LogP contribution in [0.4, 0.5) is 10.7 Å². The van der Waals surface area contributed by atoms with Crippen molar-refractivity contribution in [1.29, 1.82) is 0 Å². The molecule has 3 heterocycles. The number of hydrogen-bond acceptors (Lipinski definition) is 3. The summed E-state index contributed by atoms with van der Waals surface area (Å²) >= 11 is 6.27. The Balaban J connectivity index is 1.95. The first-order valence-corrected chi connectivity index (χ1v) is 8.23. The average molecular weight is 359 g/mol. The molecule has 0 bridgehead atoms. The first-order valence-electron chi connectivity index (χ1n) is 7.85. The van der Waals surface area contributed by atoms with Crippen molar-refractivity contribution >= 4 is 35.3 Å². The molecule has 0 aliphatic carbocycles. The van der Waals surface area contributed by atoms with Crippen molar-refractivity contribution < 1.29 is 14.2 Å². The van der Waals surface area contributed by atoms with Crippen molar-refractivity contribution in [3.05, 3.63) is 40.7 Å². The van der Waals surface area contributed by atoms with Crippen molar-refractivity contribution in [3.8, 4) is 5.69 Å². The molecular weight excluding hydrogens is 342 g/mol. The van der Waals surface area contributed by atoms with Gasteiger partial charge in [-0.05, 0) is 26.0 Å². The second kappa shape index (κ2) is 5.16. The number of carbonyl (C=O) groups excluding carboxylic acids is 2. The van der Waals surface area contributed by atoms with Crippen molar-refractivity contribution in [2.45, 2.75) is 19.9 Å². The fraction of sp³-hybridized carbons (Fsp3) is 0.294. The van der Waals surface area contributed by atoms with Crippen LogP contribution in [0.2, 0.25) is 5.02 Å². The number of halogens is 1. The zero-order valence-electron chi connectivity index (χ0n) is 14.3. The largest absolute Gasteiger partial charge is 0.406 e. The lowest BCUT2D eigenvalue weighted by molar-refractivity contribution is -0.676. The highest BCUT2D eigenvalue weighted by Crippen LogP contribution is 2.32. The number of amidine groups is 1. The number of imide groups is 1. The number of amides is 3. The number of urea groups is 1. The molecule has 128 valence electrons. The van der Waals surface area contributed by atoms with Crippen molar-refractivity contribution in [2.75, 3.05) is 14.1 Å². The molecule has 0 spiro atoms. The minimum absolute atomic E-state index is 0.287. The van der Waals surface area contributed by atoms with Crippen LogP contribution in [0, 0.1) is 13.8 Å². The molecule has 0 N–H and O–H groups in total. The van der Waals surface area contributed by atoms with E-state index in [4.69, 9.17) is 11.6 Å². The van der Waals surface area contributed by atoms with E-state index in [0.717, 1.165) is 21.8 Å². The Morgan fingerprint density at radius 1 is 1.16 bits per heavy atom.